The van der Waals surface area contributed by atoms with E-state index in [0.717, 1.165) is 12.8 Å². The number of carboxylic acids is 2. The Morgan fingerprint density at radius 3 is 2.35 bits per heavy atom. The first kappa shape index (κ1) is 15.8. The van der Waals surface area contributed by atoms with E-state index in [2.05, 4.69) is 10.9 Å². The molecular weight excluding hydrogens is 226 g/mol. The van der Waals surface area contributed by atoms with Crippen LogP contribution in [0.2, 0.25) is 0 Å². The predicted molar refractivity (Wildman–Crippen MR) is 62.3 cm³/mol. The molecule has 0 aliphatic heterocycles. The highest BCUT2D eigenvalue weighted by Gasteiger charge is 2.17. The molecule has 6 N–H and O–H groups in total. The number of carboxylic acid groups (broad SMARTS) is 2. The van der Waals surface area contributed by atoms with Gasteiger partial charge in [-0.05, 0) is 25.8 Å². The van der Waals surface area contributed by atoms with Crippen molar-refractivity contribution in [2.75, 3.05) is 13.1 Å². The van der Waals surface area contributed by atoms with Crippen LogP contribution in [-0.4, -0.2) is 41.3 Å². The smallest absolute Gasteiger partial charge is 0.322 e. The molecule has 0 saturated heterocycles. The normalized spacial score (nSPS) is 14.2. The zero-order chi connectivity index (χ0) is 13.3. The lowest BCUT2D eigenvalue weighted by Gasteiger charge is -2.16. The summed E-state index contributed by atoms with van der Waals surface area (Å²) in [6, 6.07) is -0.720. The van der Waals surface area contributed by atoms with Crippen LogP contribution in [0.5, 0.6) is 0 Å². The van der Waals surface area contributed by atoms with Gasteiger partial charge >= 0.3 is 11.9 Å². The molecule has 0 aromatic carbocycles. The zero-order valence-corrected chi connectivity index (χ0v) is 9.98. The van der Waals surface area contributed by atoms with Gasteiger partial charge in [0.15, 0.2) is 0 Å². The lowest BCUT2D eigenvalue weighted by atomic mass is 10.1. The number of nitrogens with one attached hydrogen (secondary N) is 2. The van der Waals surface area contributed by atoms with Gasteiger partial charge in [0, 0.05) is 6.54 Å². The van der Waals surface area contributed by atoms with Gasteiger partial charge in [-0.2, -0.15) is 0 Å². The fraction of sp³-hybridized carbons (Fsp3) is 0.800. The maximum Gasteiger partial charge on any atom is 0.322 e. The fourth-order valence-corrected chi connectivity index (χ4v) is 1.17. The van der Waals surface area contributed by atoms with Crippen molar-refractivity contribution in [2.45, 2.75) is 32.2 Å². The summed E-state index contributed by atoms with van der Waals surface area (Å²) in [6.45, 7) is 2.26. The van der Waals surface area contributed by atoms with Crippen molar-refractivity contribution in [3.8, 4) is 0 Å². The molecule has 0 bridgehead atoms. The SMILES string of the molecule is CC(CNN[C@@H](CCCCN)C(=O)O)C(=O)O. The van der Waals surface area contributed by atoms with Gasteiger partial charge in [-0.1, -0.05) is 6.92 Å². The van der Waals surface area contributed by atoms with E-state index in [0.29, 0.717) is 13.0 Å². The third-order valence-corrected chi connectivity index (χ3v) is 2.35. The summed E-state index contributed by atoms with van der Waals surface area (Å²) in [5.41, 5.74) is 10.6. The first-order valence-electron chi connectivity index (χ1n) is 5.63. The second kappa shape index (κ2) is 8.91. The molecule has 100 valence electrons. The van der Waals surface area contributed by atoms with Crippen LogP contribution in [0.25, 0.3) is 0 Å². The Bertz CT molecular complexity index is 248. The third-order valence-electron chi connectivity index (χ3n) is 2.35. The van der Waals surface area contributed by atoms with E-state index in [4.69, 9.17) is 15.9 Å². The Balaban J connectivity index is 3.85. The van der Waals surface area contributed by atoms with E-state index in [9.17, 15) is 9.59 Å². The second-order valence-electron chi connectivity index (χ2n) is 3.94. The maximum atomic E-state index is 10.9. The summed E-state index contributed by atoms with van der Waals surface area (Å²) >= 11 is 0. The van der Waals surface area contributed by atoms with Gasteiger partial charge in [-0.3, -0.25) is 15.0 Å². The molecule has 0 saturated carbocycles. The first-order valence-corrected chi connectivity index (χ1v) is 5.63. The molecule has 0 fully saturated rings. The highest BCUT2D eigenvalue weighted by molar-refractivity contribution is 5.73. The molecule has 2 atom stereocenters. The minimum absolute atomic E-state index is 0.177. The van der Waals surface area contributed by atoms with Crippen molar-refractivity contribution in [3.05, 3.63) is 0 Å². The summed E-state index contributed by atoms with van der Waals surface area (Å²) < 4.78 is 0. The Morgan fingerprint density at radius 2 is 1.88 bits per heavy atom. The number of unbranched alkanes of at least 4 members (excludes halogenated alkanes) is 1. The average molecular weight is 247 g/mol. The molecule has 0 spiro atoms. The number of nitrogens with two attached hydrogens (primary N) is 1. The molecule has 0 amide bonds. The number of hydrogen-bond donors (Lipinski definition) is 5. The van der Waals surface area contributed by atoms with Gasteiger partial charge in [-0.25, -0.2) is 5.43 Å². The molecule has 0 rings (SSSR count). The minimum Gasteiger partial charge on any atom is -0.481 e. The number of carbonyl (C=O) groups is 2. The van der Waals surface area contributed by atoms with Crippen LogP contribution >= 0.6 is 0 Å². The number of hydrazine groups is 1. The topological polar surface area (TPSA) is 125 Å². The van der Waals surface area contributed by atoms with Crippen LogP contribution in [0.1, 0.15) is 26.2 Å². The second-order valence-corrected chi connectivity index (χ2v) is 3.94. The third kappa shape index (κ3) is 7.67. The highest BCUT2D eigenvalue weighted by Crippen LogP contribution is 2.00. The molecule has 0 aromatic heterocycles. The maximum absolute atomic E-state index is 10.9. The molecule has 0 aromatic rings. The van der Waals surface area contributed by atoms with Gasteiger partial charge < -0.3 is 15.9 Å². The van der Waals surface area contributed by atoms with Crippen LogP contribution in [0.15, 0.2) is 0 Å². The molecular formula is C10H21N3O4. The largest absolute Gasteiger partial charge is 0.481 e. The van der Waals surface area contributed by atoms with Crippen molar-refractivity contribution in [2.24, 2.45) is 11.7 Å². The van der Waals surface area contributed by atoms with E-state index < -0.39 is 23.9 Å². The van der Waals surface area contributed by atoms with Crippen LogP contribution in [-0.2, 0) is 9.59 Å². The first-order chi connectivity index (χ1) is 7.99. The molecule has 0 heterocycles. The molecule has 0 aliphatic carbocycles. The predicted octanol–water partition coefficient (Wildman–Crippen LogP) is -0.616. The summed E-state index contributed by atoms with van der Waals surface area (Å²) in [4.78, 5) is 21.4. The van der Waals surface area contributed by atoms with E-state index in [1.165, 1.54) is 0 Å². The summed E-state index contributed by atoms with van der Waals surface area (Å²) in [5, 5.41) is 17.5. The van der Waals surface area contributed by atoms with Gasteiger partial charge in [0.05, 0.1) is 5.92 Å². The van der Waals surface area contributed by atoms with Crippen LogP contribution in [0.4, 0.5) is 0 Å². The lowest BCUT2D eigenvalue weighted by Crippen LogP contribution is -2.47. The average Bonchev–Trinajstić information content (AvgIpc) is 2.26. The van der Waals surface area contributed by atoms with Crippen molar-refractivity contribution < 1.29 is 19.8 Å². The number of aliphatic carboxylic acids is 2. The molecule has 7 heteroatoms. The Hall–Kier alpha value is -1.18. The quantitative estimate of drug-likeness (QED) is 0.257. The molecule has 1 unspecified atom stereocenters. The van der Waals surface area contributed by atoms with Gasteiger partial charge in [0.2, 0.25) is 0 Å². The van der Waals surface area contributed by atoms with E-state index in [1.54, 1.807) is 6.92 Å². The van der Waals surface area contributed by atoms with Gasteiger partial charge in [0.25, 0.3) is 0 Å². The molecule has 0 aliphatic rings. The summed E-state index contributed by atoms with van der Waals surface area (Å²) in [7, 11) is 0. The Morgan fingerprint density at radius 1 is 1.24 bits per heavy atom. The molecule has 7 nitrogen and oxygen atoms in total. The number of hydrogen-bond acceptors (Lipinski definition) is 5. The lowest BCUT2D eigenvalue weighted by molar-refractivity contribution is -0.141. The summed E-state index contributed by atoms with van der Waals surface area (Å²) in [5.74, 6) is -2.45. The molecule has 17 heavy (non-hydrogen) atoms. The monoisotopic (exact) mass is 247 g/mol. The number of rotatable bonds is 10. The Labute approximate surface area is 100 Å². The molecule has 0 radical (unpaired) electrons. The fourth-order valence-electron chi connectivity index (χ4n) is 1.17. The van der Waals surface area contributed by atoms with Gasteiger partial charge in [-0.15, -0.1) is 0 Å². The van der Waals surface area contributed by atoms with Crippen molar-refractivity contribution >= 4 is 11.9 Å². The Kier molecular flexibility index (Phi) is 8.29. The van der Waals surface area contributed by atoms with Crippen LogP contribution < -0.4 is 16.6 Å². The minimum atomic E-state index is -0.961. The van der Waals surface area contributed by atoms with Crippen molar-refractivity contribution in [3.63, 3.8) is 0 Å². The van der Waals surface area contributed by atoms with Crippen molar-refractivity contribution in [1.82, 2.24) is 10.9 Å². The summed E-state index contributed by atoms with van der Waals surface area (Å²) in [6.07, 6.45) is 1.95. The zero-order valence-electron chi connectivity index (χ0n) is 9.98. The van der Waals surface area contributed by atoms with E-state index >= 15 is 0 Å². The highest BCUT2D eigenvalue weighted by atomic mass is 16.4. The van der Waals surface area contributed by atoms with Gasteiger partial charge in [0.1, 0.15) is 6.04 Å². The van der Waals surface area contributed by atoms with Crippen LogP contribution in [0.3, 0.4) is 0 Å². The van der Waals surface area contributed by atoms with Crippen molar-refractivity contribution in [1.29, 1.82) is 0 Å². The van der Waals surface area contributed by atoms with E-state index in [-0.39, 0.29) is 6.54 Å². The van der Waals surface area contributed by atoms with E-state index in [1.807, 2.05) is 0 Å². The standard InChI is InChI=1S/C10H21N3O4/c1-7(9(14)15)6-12-13-8(10(16)17)4-2-3-5-11/h7-8,12-13H,2-6,11H2,1H3,(H,14,15)(H,16,17)/t7?,8-/m0/s1. The van der Waals surface area contributed by atoms with Crippen LogP contribution in [0, 0.1) is 5.92 Å².